The van der Waals surface area contributed by atoms with E-state index in [-0.39, 0.29) is 23.5 Å². The number of ether oxygens (including phenoxy) is 3. The lowest BCUT2D eigenvalue weighted by molar-refractivity contribution is -0.132. The van der Waals surface area contributed by atoms with Crippen LogP contribution in [0.2, 0.25) is 0 Å². The minimum atomic E-state index is -0.0962. The molecule has 0 spiro atoms. The van der Waals surface area contributed by atoms with E-state index in [2.05, 4.69) is 38.1 Å². The number of nitrogens with zero attached hydrogens (tertiary/aromatic N) is 1. The van der Waals surface area contributed by atoms with Gasteiger partial charge in [-0.3, -0.25) is 4.79 Å². The van der Waals surface area contributed by atoms with Crippen LogP contribution in [0.5, 0.6) is 11.5 Å². The fourth-order valence-corrected chi connectivity index (χ4v) is 5.10. The Hall–Kier alpha value is -2.53. The van der Waals surface area contributed by atoms with E-state index in [1.807, 2.05) is 49.9 Å². The maximum atomic E-state index is 13.0. The van der Waals surface area contributed by atoms with Crippen LogP contribution in [0.3, 0.4) is 0 Å². The molecule has 0 aromatic heterocycles. The second-order valence-corrected chi connectivity index (χ2v) is 10.3. The molecule has 2 aromatic rings. The molecule has 5 heteroatoms. The Balaban J connectivity index is 1.84. The Morgan fingerprint density at radius 2 is 1.83 bits per heavy atom. The van der Waals surface area contributed by atoms with E-state index in [1.165, 1.54) is 5.56 Å². The fourth-order valence-electron chi connectivity index (χ4n) is 5.10. The summed E-state index contributed by atoms with van der Waals surface area (Å²) in [6.45, 7) is 12.4. The van der Waals surface area contributed by atoms with Crippen LogP contribution < -0.4 is 9.47 Å². The first-order valence-corrected chi connectivity index (χ1v) is 13.1. The zero-order chi connectivity index (χ0) is 25.4. The third-order valence-corrected chi connectivity index (χ3v) is 7.11. The molecule has 1 amide bonds. The third-order valence-electron chi connectivity index (χ3n) is 7.11. The van der Waals surface area contributed by atoms with Gasteiger partial charge in [0.15, 0.2) is 0 Å². The minimum absolute atomic E-state index is 0.0962. The lowest BCUT2D eigenvalue weighted by Gasteiger charge is -2.44. The van der Waals surface area contributed by atoms with E-state index in [0.29, 0.717) is 25.4 Å². The van der Waals surface area contributed by atoms with Gasteiger partial charge in [0.25, 0.3) is 0 Å². The van der Waals surface area contributed by atoms with Gasteiger partial charge in [0.1, 0.15) is 11.5 Å². The van der Waals surface area contributed by atoms with Crippen LogP contribution in [0.4, 0.5) is 0 Å². The summed E-state index contributed by atoms with van der Waals surface area (Å²) in [4.78, 5) is 15.0. The molecule has 2 aromatic carbocycles. The van der Waals surface area contributed by atoms with Crippen molar-refractivity contribution in [1.82, 2.24) is 4.90 Å². The second-order valence-electron chi connectivity index (χ2n) is 10.3. The highest BCUT2D eigenvalue weighted by molar-refractivity contribution is 5.75. The van der Waals surface area contributed by atoms with Gasteiger partial charge in [0, 0.05) is 37.1 Å². The molecule has 0 radical (unpaired) electrons. The van der Waals surface area contributed by atoms with Crippen LogP contribution in [0.15, 0.2) is 48.5 Å². The van der Waals surface area contributed by atoms with Gasteiger partial charge in [0.05, 0.1) is 19.3 Å². The van der Waals surface area contributed by atoms with E-state index in [1.54, 1.807) is 7.11 Å². The zero-order valence-electron chi connectivity index (χ0n) is 22.4. The number of amides is 1. The topological polar surface area (TPSA) is 48.0 Å². The quantitative estimate of drug-likeness (QED) is 0.373. The highest BCUT2D eigenvalue weighted by Gasteiger charge is 2.41. The average Bonchev–Trinajstić information content (AvgIpc) is 2.86. The number of benzene rings is 2. The van der Waals surface area contributed by atoms with Crippen LogP contribution in [0.25, 0.3) is 0 Å². The highest BCUT2D eigenvalue weighted by Crippen LogP contribution is 2.45. The van der Waals surface area contributed by atoms with E-state index in [9.17, 15) is 4.79 Å². The van der Waals surface area contributed by atoms with E-state index < -0.39 is 0 Å². The van der Waals surface area contributed by atoms with Gasteiger partial charge < -0.3 is 19.1 Å². The summed E-state index contributed by atoms with van der Waals surface area (Å²) >= 11 is 0. The number of hydrogen-bond donors (Lipinski definition) is 0. The molecular weight excluding hydrogens is 438 g/mol. The molecule has 2 atom stereocenters. The summed E-state index contributed by atoms with van der Waals surface area (Å²) in [7, 11) is 1.74. The Morgan fingerprint density at radius 3 is 2.46 bits per heavy atom. The predicted octanol–water partition coefficient (Wildman–Crippen LogP) is 6.38. The molecule has 1 fully saturated rings. The Bertz CT molecular complexity index is 940. The third kappa shape index (κ3) is 7.00. The summed E-state index contributed by atoms with van der Waals surface area (Å²) in [5.41, 5.74) is 2.25. The van der Waals surface area contributed by atoms with Crippen molar-refractivity contribution in [3.8, 4) is 11.5 Å². The Kier molecular flexibility index (Phi) is 9.62. The SMILES string of the molecule is CCC(=O)N(CCC1(c2ccccc2OC)CCOC(C(C)C)C1)Cc1ccc(OC(C)C)cc1. The van der Waals surface area contributed by atoms with E-state index >= 15 is 0 Å². The smallest absolute Gasteiger partial charge is 0.222 e. The number of para-hydroxylation sites is 1. The molecule has 2 unspecified atom stereocenters. The van der Waals surface area contributed by atoms with Crippen LogP contribution in [0, 0.1) is 5.92 Å². The largest absolute Gasteiger partial charge is 0.496 e. The minimum Gasteiger partial charge on any atom is -0.496 e. The van der Waals surface area contributed by atoms with Crippen LogP contribution in [0.1, 0.15) is 71.4 Å². The zero-order valence-corrected chi connectivity index (χ0v) is 22.4. The van der Waals surface area contributed by atoms with Gasteiger partial charge in [-0.05, 0) is 62.8 Å². The number of carbonyl (C=O) groups excluding carboxylic acids is 1. The first kappa shape index (κ1) is 27.1. The molecule has 1 saturated heterocycles. The first-order chi connectivity index (χ1) is 16.8. The number of carbonyl (C=O) groups is 1. The van der Waals surface area contributed by atoms with Crippen molar-refractivity contribution in [2.75, 3.05) is 20.3 Å². The van der Waals surface area contributed by atoms with Gasteiger partial charge in [-0.25, -0.2) is 0 Å². The summed E-state index contributed by atoms with van der Waals surface area (Å²) in [6, 6.07) is 16.5. The molecule has 5 nitrogen and oxygen atoms in total. The van der Waals surface area contributed by atoms with E-state index in [0.717, 1.165) is 42.9 Å². The van der Waals surface area contributed by atoms with Crippen LogP contribution >= 0.6 is 0 Å². The van der Waals surface area contributed by atoms with Gasteiger partial charge in [-0.1, -0.05) is 51.1 Å². The Labute approximate surface area is 211 Å². The van der Waals surface area contributed by atoms with Crippen LogP contribution in [-0.2, 0) is 21.5 Å². The molecule has 3 rings (SSSR count). The molecule has 1 aliphatic rings. The van der Waals surface area contributed by atoms with Crippen molar-refractivity contribution >= 4 is 5.91 Å². The maximum Gasteiger partial charge on any atom is 0.222 e. The second kappa shape index (κ2) is 12.4. The summed E-state index contributed by atoms with van der Waals surface area (Å²) in [5.74, 6) is 2.39. The lowest BCUT2D eigenvalue weighted by Crippen LogP contribution is -2.44. The number of rotatable bonds is 11. The molecule has 0 saturated carbocycles. The standard InChI is InChI=1S/C30H43NO4/c1-7-29(32)31(21-24-12-14-25(15-13-24)35-23(4)5)18-16-30(17-19-34-28(20-30)22(2)3)26-10-8-9-11-27(26)33-6/h8-15,22-23,28H,7,16-21H2,1-6H3. The maximum absolute atomic E-state index is 13.0. The normalized spacial score (nSPS) is 20.2. The van der Waals surface area contributed by atoms with Crippen molar-refractivity contribution in [2.24, 2.45) is 5.92 Å². The van der Waals surface area contributed by atoms with Crippen molar-refractivity contribution in [1.29, 1.82) is 0 Å². The van der Waals surface area contributed by atoms with Crippen molar-refractivity contribution in [2.45, 2.75) is 84.5 Å². The predicted molar refractivity (Wildman–Crippen MR) is 141 cm³/mol. The monoisotopic (exact) mass is 481 g/mol. The molecular formula is C30H43NO4. The molecule has 0 N–H and O–H groups in total. The summed E-state index contributed by atoms with van der Waals surface area (Å²) < 4.78 is 17.7. The van der Waals surface area contributed by atoms with Crippen LogP contribution in [-0.4, -0.2) is 43.3 Å². The van der Waals surface area contributed by atoms with E-state index in [4.69, 9.17) is 14.2 Å². The molecule has 1 aliphatic heterocycles. The highest BCUT2D eigenvalue weighted by atomic mass is 16.5. The molecule has 0 aliphatic carbocycles. The number of methoxy groups -OCH3 is 1. The summed E-state index contributed by atoms with van der Waals surface area (Å²) in [5, 5.41) is 0. The molecule has 1 heterocycles. The fraction of sp³-hybridized carbons (Fsp3) is 0.567. The Morgan fingerprint density at radius 1 is 1.11 bits per heavy atom. The number of hydrogen-bond acceptors (Lipinski definition) is 4. The van der Waals surface area contributed by atoms with Crippen molar-refractivity contribution in [3.05, 3.63) is 59.7 Å². The summed E-state index contributed by atoms with van der Waals surface area (Å²) in [6.07, 6.45) is 3.55. The van der Waals surface area contributed by atoms with Crippen molar-refractivity contribution in [3.63, 3.8) is 0 Å². The van der Waals surface area contributed by atoms with Crippen molar-refractivity contribution < 1.29 is 19.0 Å². The average molecular weight is 482 g/mol. The first-order valence-electron chi connectivity index (χ1n) is 13.1. The van der Waals surface area contributed by atoms with Gasteiger partial charge in [-0.2, -0.15) is 0 Å². The van der Waals surface area contributed by atoms with Gasteiger partial charge in [0.2, 0.25) is 5.91 Å². The van der Waals surface area contributed by atoms with Gasteiger partial charge >= 0.3 is 0 Å². The lowest BCUT2D eigenvalue weighted by atomic mass is 9.68. The van der Waals surface area contributed by atoms with Gasteiger partial charge in [-0.15, -0.1) is 0 Å². The molecule has 0 bridgehead atoms. The molecule has 35 heavy (non-hydrogen) atoms. The molecule has 192 valence electrons.